The van der Waals surface area contributed by atoms with Gasteiger partial charge >= 0.3 is 11.7 Å². The van der Waals surface area contributed by atoms with Crippen LogP contribution in [0, 0.1) is 6.92 Å². The van der Waals surface area contributed by atoms with Gasteiger partial charge in [0.05, 0.1) is 23.8 Å². The fourth-order valence-corrected chi connectivity index (χ4v) is 2.81. The Labute approximate surface area is 149 Å². The highest BCUT2D eigenvalue weighted by atomic mass is 16.6. The summed E-state index contributed by atoms with van der Waals surface area (Å²) in [5.41, 5.74) is 0.388. The number of esters is 1. The first kappa shape index (κ1) is 18.1. The molecule has 0 amide bonds. The van der Waals surface area contributed by atoms with E-state index < -0.39 is 30.1 Å². The lowest BCUT2D eigenvalue weighted by molar-refractivity contribution is -0.0341. The van der Waals surface area contributed by atoms with Crippen LogP contribution >= 0.6 is 0 Å². The number of rotatable bonds is 5. The Bertz CT molecular complexity index is 899. The van der Waals surface area contributed by atoms with E-state index >= 15 is 0 Å². The lowest BCUT2D eigenvalue weighted by Gasteiger charge is -2.16. The van der Waals surface area contributed by atoms with Crippen LogP contribution < -0.4 is 11.2 Å². The second-order valence-corrected chi connectivity index (χ2v) is 6.23. The second kappa shape index (κ2) is 7.67. The molecular weight excluding hydrogens is 340 g/mol. The molecule has 1 saturated heterocycles. The number of aromatic nitrogens is 2. The van der Waals surface area contributed by atoms with Crippen molar-refractivity contribution in [2.75, 3.05) is 6.61 Å². The SMILES string of the molecule is Cc1ccc(C(=O)OC[C@@H]2CC[C@@H](n3cc(CO)c(=O)[nH]c3=O)O2)cc1. The van der Waals surface area contributed by atoms with E-state index in [9.17, 15) is 14.4 Å². The molecule has 8 heteroatoms. The molecule has 0 unspecified atom stereocenters. The van der Waals surface area contributed by atoms with Crippen LogP contribution in [0.3, 0.4) is 0 Å². The van der Waals surface area contributed by atoms with Gasteiger partial charge in [-0.05, 0) is 31.9 Å². The number of hydrogen-bond donors (Lipinski definition) is 2. The van der Waals surface area contributed by atoms with Gasteiger partial charge in [0.1, 0.15) is 12.8 Å². The Hall–Kier alpha value is -2.71. The summed E-state index contributed by atoms with van der Waals surface area (Å²) < 4.78 is 12.3. The minimum absolute atomic E-state index is 0.0776. The molecule has 1 aliphatic heterocycles. The van der Waals surface area contributed by atoms with E-state index in [-0.39, 0.29) is 18.3 Å². The van der Waals surface area contributed by atoms with Crippen molar-refractivity contribution in [3.63, 3.8) is 0 Å². The van der Waals surface area contributed by atoms with Gasteiger partial charge in [-0.1, -0.05) is 17.7 Å². The average Bonchev–Trinajstić information content (AvgIpc) is 3.09. The van der Waals surface area contributed by atoms with Crippen molar-refractivity contribution in [3.05, 3.63) is 68.0 Å². The number of aryl methyl sites for hydroxylation is 1. The molecule has 2 atom stereocenters. The molecule has 1 fully saturated rings. The number of nitrogens with one attached hydrogen (secondary N) is 1. The molecule has 0 radical (unpaired) electrons. The number of benzene rings is 1. The Balaban J connectivity index is 1.61. The van der Waals surface area contributed by atoms with Crippen molar-refractivity contribution >= 4 is 5.97 Å². The molecule has 0 saturated carbocycles. The van der Waals surface area contributed by atoms with E-state index in [0.29, 0.717) is 18.4 Å². The molecule has 2 heterocycles. The molecule has 1 aromatic carbocycles. The maximum atomic E-state index is 12.0. The van der Waals surface area contributed by atoms with Crippen molar-refractivity contribution in [2.45, 2.75) is 38.7 Å². The van der Waals surface area contributed by atoms with Crippen LogP contribution in [0.2, 0.25) is 0 Å². The Morgan fingerprint density at radius 3 is 2.73 bits per heavy atom. The summed E-state index contributed by atoms with van der Waals surface area (Å²) >= 11 is 0. The molecule has 26 heavy (non-hydrogen) atoms. The summed E-state index contributed by atoms with van der Waals surface area (Å²) in [5.74, 6) is -0.430. The third kappa shape index (κ3) is 3.92. The molecule has 0 aliphatic carbocycles. The zero-order chi connectivity index (χ0) is 18.7. The predicted octanol–water partition coefficient (Wildman–Crippen LogP) is 0.872. The first-order valence-corrected chi connectivity index (χ1v) is 8.32. The Morgan fingerprint density at radius 2 is 2.04 bits per heavy atom. The zero-order valence-corrected chi connectivity index (χ0v) is 14.3. The summed E-state index contributed by atoms with van der Waals surface area (Å²) in [4.78, 5) is 37.6. The van der Waals surface area contributed by atoms with Gasteiger partial charge in [0.2, 0.25) is 0 Å². The number of ether oxygens (including phenoxy) is 2. The van der Waals surface area contributed by atoms with Gasteiger partial charge in [-0.25, -0.2) is 9.59 Å². The zero-order valence-electron chi connectivity index (χ0n) is 14.3. The van der Waals surface area contributed by atoms with Gasteiger partial charge in [-0.2, -0.15) is 0 Å². The van der Waals surface area contributed by atoms with Crippen molar-refractivity contribution in [1.29, 1.82) is 0 Å². The van der Waals surface area contributed by atoms with Crippen LogP contribution in [0.15, 0.2) is 40.1 Å². The number of hydrogen-bond acceptors (Lipinski definition) is 6. The number of carbonyl (C=O) groups excluding carboxylic acids is 1. The number of carbonyl (C=O) groups is 1. The van der Waals surface area contributed by atoms with E-state index in [1.54, 1.807) is 12.1 Å². The second-order valence-electron chi connectivity index (χ2n) is 6.23. The van der Waals surface area contributed by atoms with Crippen LogP contribution in [0.25, 0.3) is 0 Å². The maximum absolute atomic E-state index is 12.0. The lowest BCUT2D eigenvalue weighted by atomic mass is 10.1. The highest BCUT2D eigenvalue weighted by Crippen LogP contribution is 2.27. The Kier molecular flexibility index (Phi) is 5.34. The standard InChI is InChI=1S/C18H20N2O6/c1-11-2-4-12(5-3-11)17(23)25-10-14-6-7-15(26-14)20-8-13(9-21)16(22)19-18(20)24/h2-5,8,14-15,21H,6-7,9-10H2,1H3,(H,19,22,24)/t14-,15-/m0/s1. The lowest BCUT2D eigenvalue weighted by Crippen LogP contribution is -2.34. The minimum Gasteiger partial charge on any atom is -0.459 e. The number of H-pyrrole nitrogens is 1. The molecule has 138 valence electrons. The topological polar surface area (TPSA) is 111 Å². The average molecular weight is 360 g/mol. The van der Waals surface area contributed by atoms with E-state index in [0.717, 1.165) is 5.56 Å². The number of nitrogens with zero attached hydrogens (tertiary/aromatic N) is 1. The maximum Gasteiger partial charge on any atom is 0.338 e. The summed E-state index contributed by atoms with van der Waals surface area (Å²) in [5, 5.41) is 9.17. The molecule has 1 aromatic heterocycles. The third-order valence-corrected chi connectivity index (χ3v) is 4.29. The molecule has 3 rings (SSSR count). The van der Waals surface area contributed by atoms with Gasteiger partial charge in [-0.3, -0.25) is 14.3 Å². The highest BCUT2D eigenvalue weighted by molar-refractivity contribution is 5.89. The largest absolute Gasteiger partial charge is 0.459 e. The van der Waals surface area contributed by atoms with Crippen LogP contribution in [0.5, 0.6) is 0 Å². The van der Waals surface area contributed by atoms with Crippen LogP contribution in [-0.2, 0) is 16.1 Å². The molecule has 8 nitrogen and oxygen atoms in total. The summed E-state index contributed by atoms with van der Waals surface area (Å²) in [7, 11) is 0. The smallest absolute Gasteiger partial charge is 0.338 e. The summed E-state index contributed by atoms with van der Waals surface area (Å²) in [6.07, 6.45) is 1.51. The van der Waals surface area contributed by atoms with E-state index in [4.69, 9.17) is 14.6 Å². The minimum atomic E-state index is -0.615. The number of aromatic amines is 1. The van der Waals surface area contributed by atoms with E-state index in [1.807, 2.05) is 19.1 Å². The van der Waals surface area contributed by atoms with Gasteiger partial charge in [-0.15, -0.1) is 0 Å². The molecule has 2 N–H and O–H groups in total. The van der Waals surface area contributed by atoms with Gasteiger partial charge in [0.15, 0.2) is 0 Å². The molecular formula is C18H20N2O6. The van der Waals surface area contributed by atoms with Crippen molar-refractivity contribution < 1.29 is 19.4 Å². The molecule has 0 spiro atoms. The highest BCUT2D eigenvalue weighted by Gasteiger charge is 2.28. The molecule has 2 aromatic rings. The van der Waals surface area contributed by atoms with E-state index in [1.165, 1.54) is 10.8 Å². The quantitative estimate of drug-likeness (QED) is 0.766. The molecule has 0 bridgehead atoms. The monoisotopic (exact) mass is 360 g/mol. The van der Waals surface area contributed by atoms with Crippen LogP contribution in [-0.4, -0.2) is 33.3 Å². The van der Waals surface area contributed by atoms with Gasteiger partial charge in [0, 0.05) is 6.20 Å². The predicted molar refractivity (Wildman–Crippen MR) is 91.9 cm³/mol. The van der Waals surface area contributed by atoms with Crippen molar-refractivity contribution in [3.8, 4) is 0 Å². The first-order chi connectivity index (χ1) is 12.5. The third-order valence-electron chi connectivity index (χ3n) is 4.29. The first-order valence-electron chi connectivity index (χ1n) is 8.32. The van der Waals surface area contributed by atoms with Crippen molar-refractivity contribution in [2.24, 2.45) is 0 Å². The van der Waals surface area contributed by atoms with Crippen LogP contribution in [0.1, 0.15) is 40.6 Å². The van der Waals surface area contributed by atoms with Crippen LogP contribution in [0.4, 0.5) is 0 Å². The molecule has 1 aliphatic rings. The van der Waals surface area contributed by atoms with Gasteiger partial charge in [0.25, 0.3) is 5.56 Å². The number of aliphatic hydroxyl groups is 1. The van der Waals surface area contributed by atoms with Gasteiger partial charge < -0.3 is 14.6 Å². The number of aliphatic hydroxyl groups excluding tert-OH is 1. The summed E-state index contributed by atoms with van der Waals surface area (Å²) in [6, 6.07) is 7.07. The summed E-state index contributed by atoms with van der Waals surface area (Å²) in [6.45, 7) is 1.54. The van der Waals surface area contributed by atoms with E-state index in [2.05, 4.69) is 4.98 Å². The Morgan fingerprint density at radius 1 is 1.31 bits per heavy atom. The normalized spacial score (nSPS) is 19.5. The van der Waals surface area contributed by atoms with Crippen molar-refractivity contribution in [1.82, 2.24) is 9.55 Å². The fraction of sp³-hybridized carbons (Fsp3) is 0.389. The fourth-order valence-electron chi connectivity index (χ4n) is 2.81.